The van der Waals surface area contributed by atoms with E-state index in [1.165, 1.54) is 11.1 Å². The van der Waals surface area contributed by atoms with Crippen LogP contribution in [0.25, 0.3) is 5.69 Å². The Morgan fingerprint density at radius 3 is 2.48 bits per heavy atom. The molecule has 0 aliphatic heterocycles. The molecule has 1 atom stereocenters. The van der Waals surface area contributed by atoms with Crippen molar-refractivity contribution in [3.63, 3.8) is 0 Å². The van der Waals surface area contributed by atoms with Crippen LogP contribution in [0, 0.1) is 12.5 Å². The Labute approximate surface area is 176 Å². The van der Waals surface area contributed by atoms with Gasteiger partial charge in [0.25, 0.3) is 0 Å². The van der Waals surface area contributed by atoms with E-state index in [2.05, 4.69) is 69.3 Å². The van der Waals surface area contributed by atoms with E-state index in [-0.39, 0.29) is 0 Å². The van der Waals surface area contributed by atoms with Gasteiger partial charge in [0.1, 0.15) is 0 Å². The topological polar surface area (TPSA) is 42.7 Å². The van der Waals surface area contributed by atoms with Gasteiger partial charge >= 0.3 is 0 Å². The van der Waals surface area contributed by atoms with E-state index in [1.54, 1.807) is 11.3 Å². The van der Waals surface area contributed by atoms with Crippen molar-refractivity contribution in [2.24, 2.45) is 5.92 Å². The molecule has 0 spiro atoms. The molecule has 5 heteroatoms. The second kappa shape index (κ2) is 10.1. The number of thiophene rings is 1. The molecular formula is C24H25N4S. The maximum Gasteiger partial charge on any atom is 0.0835 e. The van der Waals surface area contributed by atoms with Crippen molar-refractivity contribution < 1.29 is 0 Å². The Morgan fingerprint density at radius 2 is 1.72 bits per heavy atom. The first kappa shape index (κ1) is 19.6. The zero-order chi connectivity index (χ0) is 19.7. The van der Waals surface area contributed by atoms with E-state index < -0.39 is 0 Å². The fourth-order valence-corrected chi connectivity index (χ4v) is 4.09. The summed E-state index contributed by atoms with van der Waals surface area (Å²) in [6.45, 7) is 3.08. The lowest BCUT2D eigenvalue weighted by Crippen LogP contribution is -2.25. The predicted molar refractivity (Wildman–Crippen MR) is 119 cm³/mol. The summed E-state index contributed by atoms with van der Waals surface area (Å²) >= 11 is 1.74. The molecule has 1 N–H and O–H groups in total. The SMILES string of the molecule is [CH](Cc1ccsc1)NC[C@@H](Cc1ccccc1)Cc1cn(-c2ccccc2)nn1. The fourth-order valence-electron chi connectivity index (χ4n) is 3.41. The third kappa shape index (κ3) is 5.86. The zero-order valence-corrected chi connectivity index (χ0v) is 17.1. The first-order valence-electron chi connectivity index (χ1n) is 9.93. The van der Waals surface area contributed by atoms with E-state index in [1.807, 2.05) is 41.2 Å². The molecule has 2 aromatic heterocycles. The van der Waals surface area contributed by atoms with E-state index in [0.717, 1.165) is 37.2 Å². The van der Waals surface area contributed by atoms with E-state index in [0.29, 0.717) is 5.92 Å². The number of nitrogens with one attached hydrogen (secondary N) is 1. The van der Waals surface area contributed by atoms with Gasteiger partial charge in [-0.15, -0.1) is 5.10 Å². The van der Waals surface area contributed by atoms with Crippen LogP contribution in [0.4, 0.5) is 0 Å². The van der Waals surface area contributed by atoms with Crippen molar-refractivity contribution in [3.8, 4) is 5.69 Å². The van der Waals surface area contributed by atoms with Crippen LogP contribution < -0.4 is 5.32 Å². The Hall–Kier alpha value is -2.76. The van der Waals surface area contributed by atoms with Gasteiger partial charge in [0.15, 0.2) is 0 Å². The number of nitrogens with zero attached hydrogens (tertiary/aromatic N) is 3. The summed E-state index contributed by atoms with van der Waals surface area (Å²) in [6.07, 6.45) is 4.90. The molecule has 0 saturated heterocycles. The van der Waals surface area contributed by atoms with E-state index in [9.17, 15) is 0 Å². The second-order valence-electron chi connectivity index (χ2n) is 7.20. The average molecular weight is 402 g/mol. The van der Waals surface area contributed by atoms with Crippen molar-refractivity contribution in [3.05, 3.63) is 107 Å². The van der Waals surface area contributed by atoms with Crippen molar-refractivity contribution >= 4 is 11.3 Å². The molecule has 0 aliphatic rings. The molecule has 0 aliphatic carbocycles. The Balaban J connectivity index is 1.38. The molecule has 0 bridgehead atoms. The van der Waals surface area contributed by atoms with Gasteiger partial charge in [0, 0.05) is 6.54 Å². The quantitative estimate of drug-likeness (QED) is 0.391. The minimum absolute atomic E-state index is 0.442. The van der Waals surface area contributed by atoms with Crippen LogP contribution in [0.2, 0.25) is 0 Å². The van der Waals surface area contributed by atoms with Crippen molar-refractivity contribution in [2.75, 3.05) is 6.54 Å². The van der Waals surface area contributed by atoms with Crippen molar-refractivity contribution in [2.45, 2.75) is 19.3 Å². The van der Waals surface area contributed by atoms with Gasteiger partial charge in [-0.2, -0.15) is 11.3 Å². The summed E-state index contributed by atoms with van der Waals surface area (Å²) in [5.41, 5.74) is 4.77. The Bertz CT molecular complexity index is 965. The number of hydrogen-bond acceptors (Lipinski definition) is 4. The molecule has 2 heterocycles. The molecule has 147 valence electrons. The third-order valence-electron chi connectivity index (χ3n) is 4.90. The summed E-state index contributed by atoms with van der Waals surface area (Å²) in [7, 11) is 0. The summed E-state index contributed by atoms with van der Waals surface area (Å²) in [4.78, 5) is 0. The lowest BCUT2D eigenvalue weighted by atomic mass is 9.95. The van der Waals surface area contributed by atoms with Gasteiger partial charge in [-0.1, -0.05) is 53.7 Å². The van der Waals surface area contributed by atoms with Crippen molar-refractivity contribution in [1.29, 1.82) is 0 Å². The lowest BCUT2D eigenvalue weighted by molar-refractivity contribution is 0.485. The number of para-hydroxylation sites is 1. The van der Waals surface area contributed by atoms with E-state index >= 15 is 0 Å². The van der Waals surface area contributed by atoms with Crippen molar-refractivity contribution in [1.82, 2.24) is 20.3 Å². The van der Waals surface area contributed by atoms with Gasteiger partial charge in [-0.25, -0.2) is 4.68 Å². The molecule has 0 unspecified atom stereocenters. The second-order valence-corrected chi connectivity index (χ2v) is 7.98. The molecule has 0 amide bonds. The summed E-state index contributed by atoms with van der Waals surface area (Å²) in [6, 6.07) is 23.0. The van der Waals surface area contributed by atoms with Crippen LogP contribution in [-0.4, -0.2) is 21.5 Å². The monoisotopic (exact) mass is 401 g/mol. The molecule has 29 heavy (non-hydrogen) atoms. The van der Waals surface area contributed by atoms with Gasteiger partial charge in [-0.05, 0) is 71.8 Å². The molecule has 2 aromatic carbocycles. The van der Waals surface area contributed by atoms with Gasteiger partial charge in [0.05, 0.1) is 17.6 Å². The zero-order valence-electron chi connectivity index (χ0n) is 16.3. The Morgan fingerprint density at radius 1 is 0.931 bits per heavy atom. The Kier molecular flexibility index (Phi) is 6.84. The first-order valence-corrected chi connectivity index (χ1v) is 10.9. The highest BCUT2D eigenvalue weighted by molar-refractivity contribution is 7.07. The van der Waals surface area contributed by atoms with Gasteiger partial charge in [0.2, 0.25) is 0 Å². The normalized spacial score (nSPS) is 12.1. The summed E-state index contributed by atoms with van der Waals surface area (Å²) < 4.78 is 1.85. The number of rotatable bonds is 10. The number of benzene rings is 2. The highest BCUT2D eigenvalue weighted by Crippen LogP contribution is 2.15. The maximum atomic E-state index is 4.42. The molecule has 4 nitrogen and oxygen atoms in total. The standard InChI is InChI=1S/C24H25N4S/c1-3-7-20(8-4-1)15-22(17-25-13-11-21-12-14-29-19-21)16-23-18-28(27-26-23)24-9-5-2-6-10-24/h1-10,12-14,18-19,22,25H,11,15-17H2/t22-/m0/s1. The molecule has 0 saturated carbocycles. The predicted octanol–water partition coefficient (Wildman–Crippen LogP) is 4.72. The van der Waals surface area contributed by atoms with Crippen LogP contribution in [-0.2, 0) is 19.3 Å². The molecule has 4 aromatic rings. The van der Waals surface area contributed by atoms with Crippen LogP contribution in [0.5, 0.6) is 0 Å². The number of aromatic nitrogens is 3. The third-order valence-corrected chi connectivity index (χ3v) is 5.63. The average Bonchev–Trinajstić information content (AvgIpc) is 3.45. The van der Waals surface area contributed by atoms with Crippen LogP contribution in [0.3, 0.4) is 0 Å². The van der Waals surface area contributed by atoms with E-state index in [4.69, 9.17) is 0 Å². The van der Waals surface area contributed by atoms with Gasteiger partial charge in [-0.3, -0.25) is 0 Å². The molecule has 1 radical (unpaired) electrons. The summed E-state index contributed by atoms with van der Waals surface area (Å²) in [5, 5.41) is 16.6. The van der Waals surface area contributed by atoms with Crippen LogP contribution in [0.1, 0.15) is 16.8 Å². The molecule has 0 fully saturated rings. The lowest BCUT2D eigenvalue weighted by Gasteiger charge is -2.16. The highest BCUT2D eigenvalue weighted by atomic mass is 32.1. The molecular weight excluding hydrogens is 376 g/mol. The minimum atomic E-state index is 0.442. The largest absolute Gasteiger partial charge is 0.312 e. The fraction of sp³-hybridized carbons (Fsp3) is 0.208. The van der Waals surface area contributed by atoms with Crippen LogP contribution in [0.15, 0.2) is 83.7 Å². The number of hydrogen-bond donors (Lipinski definition) is 1. The van der Waals surface area contributed by atoms with Gasteiger partial charge < -0.3 is 5.32 Å². The highest BCUT2D eigenvalue weighted by Gasteiger charge is 2.14. The minimum Gasteiger partial charge on any atom is -0.312 e. The maximum absolute atomic E-state index is 4.42. The first-order chi connectivity index (χ1) is 14.4. The smallest absolute Gasteiger partial charge is 0.0835 e. The summed E-state index contributed by atoms with van der Waals surface area (Å²) in [5.74, 6) is 0.442. The molecule has 4 rings (SSSR count). The van der Waals surface area contributed by atoms with Crippen LogP contribution >= 0.6 is 11.3 Å².